The lowest BCUT2D eigenvalue weighted by Gasteiger charge is -1.93. The van der Waals surface area contributed by atoms with Crippen molar-refractivity contribution in [3.05, 3.63) is 35.7 Å². The van der Waals surface area contributed by atoms with Crippen molar-refractivity contribution in [1.82, 2.24) is 14.8 Å². The number of aryl methyl sites for hydroxylation is 1. The molecule has 0 radical (unpaired) electrons. The largest absolute Gasteiger partial charge is 0.399 e. The van der Waals surface area contributed by atoms with Crippen LogP contribution in [0.4, 0.5) is 11.6 Å². The van der Waals surface area contributed by atoms with E-state index in [1.807, 2.05) is 36.4 Å². The summed E-state index contributed by atoms with van der Waals surface area (Å²) in [6.45, 7) is 0. The predicted molar refractivity (Wildman–Crippen MR) is 65.2 cm³/mol. The number of nitrogens with zero attached hydrogens (tertiary/aromatic N) is 3. The molecule has 82 valence electrons. The van der Waals surface area contributed by atoms with Crippen molar-refractivity contribution >= 4 is 23.8 Å². The second-order valence-corrected chi connectivity index (χ2v) is 3.45. The van der Waals surface area contributed by atoms with Gasteiger partial charge in [-0.2, -0.15) is 10.1 Å². The molecule has 0 aliphatic rings. The van der Waals surface area contributed by atoms with E-state index in [1.54, 1.807) is 7.05 Å². The summed E-state index contributed by atoms with van der Waals surface area (Å²) in [5.74, 6) is 0.994. The Balaban J connectivity index is 2.17. The van der Waals surface area contributed by atoms with E-state index in [0.717, 1.165) is 11.3 Å². The van der Waals surface area contributed by atoms with Crippen LogP contribution in [0.3, 0.4) is 0 Å². The fraction of sp³-hybridized carbons (Fsp3) is 0.0909. The van der Waals surface area contributed by atoms with Crippen molar-refractivity contribution < 1.29 is 0 Å². The molecule has 0 unspecified atom stereocenters. The van der Waals surface area contributed by atoms with E-state index >= 15 is 0 Å². The van der Waals surface area contributed by atoms with Crippen molar-refractivity contribution in [1.29, 1.82) is 0 Å². The summed E-state index contributed by atoms with van der Waals surface area (Å²) >= 11 is 0. The highest BCUT2D eigenvalue weighted by Gasteiger charge is 1.98. The van der Waals surface area contributed by atoms with Crippen LogP contribution in [0.5, 0.6) is 0 Å². The lowest BCUT2D eigenvalue weighted by molar-refractivity contribution is 0.775. The molecule has 0 aliphatic carbocycles. The van der Waals surface area contributed by atoms with Crippen LogP contribution >= 0.6 is 0 Å². The van der Waals surface area contributed by atoms with Gasteiger partial charge in [-0.25, -0.2) is 4.68 Å². The first-order valence-corrected chi connectivity index (χ1v) is 4.85. The van der Waals surface area contributed by atoms with Crippen molar-refractivity contribution in [3.8, 4) is 0 Å². The molecular formula is C11H13N5. The molecule has 5 nitrogen and oxygen atoms in total. The molecule has 5 heteroatoms. The Kier molecular flexibility index (Phi) is 2.59. The Hall–Kier alpha value is -2.30. The van der Waals surface area contributed by atoms with Crippen LogP contribution in [0, 0.1) is 0 Å². The number of nitrogen functional groups attached to an aromatic ring is 2. The minimum absolute atomic E-state index is 0.400. The molecule has 0 amide bonds. The van der Waals surface area contributed by atoms with Crippen LogP contribution in [0.2, 0.25) is 0 Å². The van der Waals surface area contributed by atoms with Gasteiger partial charge in [0, 0.05) is 12.7 Å². The topological polar surface area (TPSA) is 82.8 Å². The zero-order valence-corrected chi connectivity index (χ0v) is 8.96. The second-order valence-electron chi connectivity index (χ2n) is 3.45. The fourth-order valence-electron chi connectivity index (χ4n) is 1.27. The first-order valence-electron chi connectivity index (χ1n) is 4.85. The lowest BCUT2D eigenvalue weighted by Crippen LogP contribution is -1.97. The highest BCUT2D eigenvalue weighted by molar-refractivity contribution is 5.67. The van der Waals surface area contributed by atoms with Gasteiger partial charge in [-0.3, -0.25) is 0 Å². The van der Waals surface area contributed by atoms with Crippen LogP contribution in [0.15, 0.2) is 24.3 Å². The lowest BCUT2D eigenvalue weighted by atomic mass is 10.2. The van der Waals surface area contributed by atoms with Crippen LogP contribution in [0.25, 0.3) is 12.2 Å². The molecule has 4 N–H and O–H groups in total. The molecule has 0 atom stereocenters. The summed E-state index contributed by atoms with van der Waals surface area (Å²) in [5.41, 5.74) is 12.9. The third kappa shape index (κ3) is 2.20. The van der Waals surface area contributed by atoms with Gasteiger partial charge >= 0.3 is 0 Å². The van der Waals surface area contributed by atoms with E-state index in [-0.39, 0.29) is 0 Å². The summed E-state index contributed by atoms with van der Waals surface area (Å²) < 4.78 is 1.53. The van der Waals surface area contributed by atoms with Crippen molar-refractivity contribution in [2.45, 2.75) is 0 Å². The monoisotopic (exact) mass is 215 g/mol. The molecule has 0 spiro atoms. The van der Waals surface area contributed by atoms with E-state index in [9.17, 15) is 0 Å². The molecule has 1 heterocycles. The molecule has 2 rings (SSSR count). The number of rotatable bonds is 2. The maximum Gasteiger partial charge on any atom is 0.218 e. The summed E-state index contributed by atoms with van der Waals surface area (Å²) in [7, 11) is 1.75. The number of hydrogen-bond acceptors (Lipinski definition) is 4. The normalized spacial score (nSPS) is 11.1. The van der Waals surface area contributed by atoms with Crippen LogP contribution in [-0.2, 0) is 7.05 Å². The van der Waals surface area contributed by atoms with E-state index in [2.05, 4.69) is 10.1 Å². The number of hydrogen-bond donors (Lipinski definition) is 2. The van der Waals surface area contributed by atoms with Gasteiger partial charge in [0.1, 0.15) is 0 Å². The van der Waals surface area contributed by atoms with E-state index in [1.165, 1.54) is 4.68 Å². The van der Waals surface area contributed by atoms with E-state index in [4.69, 9.17) is 11.5 Å². The summed E-state index contributed by atoms with van der Waals surface area (Å²) in [6, 6.07) is 7.55. The smallest absolute Gasteiger partial charge is 0.218 e. The average Bonchev–Trinajstić information content (AvgIpc) is 2.58. The maximum atomic E-state index is 5.59. The van der Waals surface area contributed by atoms with Crippen molar-refractivity contribution in [3.63, 3.8) is 0 Å². The van der Waals surface area contributed by atoms with Gasteiger partial charge in [0.05, 0.1) is 0 Å². The molecule has 0 aliphatic heterocycles. The molecule has 2 aromatic rings. The van der Waals surface area contributed by atoms with Gasteiger partial charge < -0.3 is 11.5 Å². The molecule has 16 heavy (non-hydrogen) atoms. The third-order valence-corrected chi connectivity index (χ3v) is 2.17. The van der Waals surface area contributed by atoms with Crippen LogP contribution in [0.1, 0.15) is 11.4 Å². The minimum atomic E-state index is 0.400. The summed E-state index contributed by atoms with van der Waals surface area (Å²) in [6.07, 6.45) is 3.72. The molecule has 0 bridgehead atoms. The van der Waals surface area contributed by atoms with Crippen LogP contribution < -0.4 is 11.5 Å². The summed E-state index contributed by atoms with van der Waals surface area (Å²) in [5, 5.41) is 4.11. The van der Waals surface area contributed by atoms with Crippen molar-refractivity contribution in [2.75, 3.05) is 11.5 Å². The van der Waals surface area contributed by atoms with Crippen LogP contribution in [-0.4, -0.2) is 14.8 Å². The standard InChI is InChI=1S/C11H13N5/c1-16-11(13)14-10(15-16)7-4-8-2-5-9(12)6-3-8/h2-7H,12H2,1H3,(H2,13,14,15)/b7-4+. The zero-order chi connectivity index (χ0) is 11.5. The zero-order valence-electron chi connectivity index (χ0n) is 8.96. The Morgan fingerprint density at radius 3 is 2.38 bits per heavy atom. The highest BCUT2D eigenvalue weighted by atomic mass is 15.4. The SMILES string of the molecule is Cn1nc(/C=C/c2ccc(N)cc2)nc1N. The number of benzene rings is 1. The van der Waals surface area contributed by atoms with Gasteiger partial charge in [-0.15, -0.1) is 0 Å². The quantitative estimate of drug-likeness (QED) is 0.736. The average molecular weight is 215 g/mol. The Morgan fingerprint density at radius 1 is 1.12 bits per heavy atom. The second kappa shape index (κ2) is 4.06. The molecule has 0 saturated carbocycles. The predicted octanol–water partition coefficient (Wildman–Crippen LogP) is 1.15. The number of anilines is 2. The Morgan fingerprint density at radius 2 is 1.81 bits per heavy atom. The number of nitrogens with two attached hydrogens (primary N) is 2. The number of aromatic nitrogens is 3. The van der Waals surface area contributed by atoms with Gasteiger partial charge in [-0.05, 0) is 23.8 Å². The third-order valence-electron chi connectivity index (χ3n) is 2.17. The van der Waals surface area contributed by atoms with Gasteiger partial charge in [0.15, 0.2) is 5.82 Å². The molecular weight excluding hydrogens is 202 g/mol. The molecule has 0 saturated heterocycles. The van der Waals surface area contributed by atoms with E-state index < -0.39 is 0 Å². The summed E-state index contributed by atoms with van der Waals surface area (Å²) in [4.78, 5) is 4.06. The first kappa shape index (κ1) is 10.2. The molecule has 1 aromatic carbocycles. The van der Waals surface area contributed by atoms with Gasteiger partial charge in [-0.1, -0.05) is 18.2 Å². The Labute approximate surface area is 93.4 Å². The van der Waals surface area contributed by atoms with Gasteiger partial charge in [0.2, 0.25) is 5.95 Å². The minimum Gasteiger partial charge on any atom is -0.399 e. The first-order chi connectivity index (χ1) is 7.65. The molecule has 0 fully saturated rings. The van der Waals surface area contributed by atoms with Crippen molar-refractivity contribution in [2.24, 2.45) is 7.05 Å². The van der Waals surface area contributed by atoms with Gasteiger partial charge in [0.25, 0.3) is 0 Å². The fourth-order valence-corrected chi connectivity index (χ4v) is 1.27. The Bertz CT molecular complexity index is 490. The molecule has 1 aromatic heterocycles. The van der Waals surface area contributed by atoms with E-state index in [0.29, 0.717) is 11.8 Å². The maximum absolute atomic E-state index is 5.59. The highest BCUT2D eigenvalue weighted by Crippen LogP contribution is 2.09.